The van der Waals surface area contributed by atoms with Gasteiger partial charge in [0.25, 0.3) is 0 Å². The van der Waals surface area contributed by atoms with Crippen LogP contribution in [0.25, 0.3) is 0 Å². The minimum atomic E-state index is 0.998. The molecule has 0 aromatic carbocycles. The van der Waals surface area contributed by atoms with Crippen LogP contribution in [-0.2, 0) is 0 Å². The zero-order valence-corrected chi connectivity index (χ0v) is 14.8. The SMILES string of the molecule is CCCCCCCCCN=CNCCCCCCCCC. The molecule has 2 nitrogen and oxygen atoms in total. The van der Waals surface area contributed by atoms with Crippen LogP contribution >= 0.6 is 0 Å². The van der Waals surface area contributed by atoms with Gasteiger partial charge in [-0.3, -0.25) is 4.99 Å². The van der Waals surface area contributed by atoms with E-state index < -0.39 is 0 Å². The maximum absolute atomic E-state index is 4.43. The molecule has 0 unspecified atom stereocenters. The summed E-state index contributed by atoms with van der Waals surface area (Å²) < 4.78 is 0. The van der Waals surface area contributed by atoms with E-state index in [9.17, 15) is 0 Å². The zero-order valence-electron chi connectivity index (χ0n) is 14.8. The van der Waals surface area contributed by atoms with Crippen LogP contribution in [0.5, 0.6) is 0 Å². The Labute approximate surface area is 134 Å². The van der Waals surface area contributed by atoms with E-state index >= 15 is 0 Å². The fourth-order valence-corrected chi connectivity index (χ4v) is 2.54. The molecule has 1 N–H and O–H groups in total. The molecule has 0 atom stereocenters. The van der Waals surface area contributed by atoms with Crippen molar-refractivity contribution in [3.63, 3.8) is 0 Å². The van der Waals surface area contributed by atoms with Gasteiger partial charge in [0.2, 0.25) is 0 Å². The fraction of sp³-hybridized carbons (Fsp3) is 0.947. The van der Waals surface area contributed by atoms with Gasteiger partial charge in [0, 0.05) is 13.1 Å². The summed E-state index contributed by atoms with van der Waals surface area (Å²) in [5.41, 5.74) is 0. The van der Waals surface area contributed by atoms with Crippen LogP contribution < -0.4 is 5.32 Å². The van der Waals surface area contributed by atoms with Crippen molar-refractivity contribution in [2.75, 3.05) is 13.1 Å². The Morgan fingerprint density at radius 1 is 0.619 bits per heavy atom. The predicted octanol–water partition coefficient (Wildman–Crippen LogP) is 6.11. The summed E-state index contributed by atoms with van der Waals surface area (Å²) in [6, 6.07) is 0. The van der Waals surface area contributed by atoms with E-state index in [1.165, 1.54) is 89.9 Å². The number of hydrogen-bond acceptors (Lipinski definition) is 1. The summed E-state index contributed by atoms with van der Waals surface area (Å²) in [6.45, 7) is 6.63. The molecule has 0 spiro atoms. The van der Waals surface area contributed by atoms with Gasteiger partial charge in [-0.25, -0.2) is 0 Å². The second-order valence-electron chi connectivity index (χ2n) is 6.23. The third-order valence-electron chi connectivity index (χ3n) is 4.00. The van der Waals surface area contributed by atoms with Crippen LogP contribution in [0.3, 0.4) is 0 Å². The minimum absolute atomic E-state index is 0.998. The van der Waals surface area contributed by atoms with E-state index in [2.05, 4.69) is 24.2 Å². The Morgan fingerprint density at radius 3 is 1.67 bits per heavy atom. The third kappa shape index (κ3) is 19.5. The van der Waals surface area contributed by atoms with Crippen LogP contribution in [0, 0.1) is 0 Å². The van der Waals surface area contributed by atoms with Gasteiger partial charge in [-0.2, -0.15) is 0 Å². The smallest absolute Gasteiger partial charge is 0.0823 e. The van der Waals surface area contributed by atoms with Gasteiger partial charge in [-0.1, -0.05) is 90.9 Å². The van der Waals surface area contributed by atoms with Gasteiger partial charge >= 0.3 is 0 Å². The molecule has 0 amide bonds. The Hall–Kier alpha value is -0.530. The third-order valence-corrected chi connectivity index (χ3v) is 4.00. The van der Waals surface area contributed by atoms with E-state index in [1.807, 2.05) is 6.34 Å². The summed E-state index contributed by atoms with van der Waals surface area (Å²) in [5.74, 6) is 0. The van der Waals surface area contributed by atoms with Gasteiger partial charge in [0.1, 0.15) is 0 Å². The molecule has 0 aliphatic heterocycles. The van der Waals surface area contributed by atoms with Gasteiger partial charge in [-0.15, -0.1) is 0 Å². The zero-order chi connectivity index (χ0) is 15.4. The first-order valence-corrected chi connectivity index (χ1v) is 9.63. The molecule has 0 aliphatic rings. The van der Waals surface area contributed by atoms with Crippen LogP contribution in [0.15, 0.2) is 4.99 Å². The summed E-state index contributed by atoms with van der Waals surface area (Å²) >= 11 is 0. The van der Waals surface area contributed by atoms with Crippen molar-refractivity contribution in [2.24, 2.45) is 4.99 Å². The highest BCUT2D eigenvalue weighted by molar-refractivity contribution is 5.53. The first-order valence-electron chi connectivity index (χ1n) is 9.63. The van der Waals surface area contributed by atoms with Crippen molar-refractivity contribution >= 4 is 6.34 Å². The first kappa shape index (κ1) is 20.5. The quantitative estimate of drug-likeness (QED) is 0.195. The van der Waals surface area contributed by atoms with E-state index in [0.29, 0.717) is 0 Å². The Kier molecular flexibility index (Phi) is 19.0. The molecule has 0 radical (unpaired) electrons. The van der Waals surface area contributed by atoms with E-state index in [1.54, 1.807) is 0 Å². The van der Waals surface area contributed by atoms with Gasteiger partial charge in [0.05, 0.1) is 6.34 Å². The normalized spacial score (nSPS) is 11.3. The lowest BCUT2D eigenvalue weighted by Crippen LogP contribution is -2.12. The Balaban J connectivity index is 3.02. The molecule has 0 aromatic rings. The average molecular weight is 297 g/mol. The monoisotopic (exact) mass is 296 g/mol. The molecule has 0 aliphatic carbocycles. The number of nitrogens with one attached hydrogen (secondary N) is 1. The van der Waals surface area contributed by atoms with Crippen molar-refractivity contribution < 1.29 is 0 Å². The molecular weight excluding hydrogens is 256 g/mol. The molecule has 0 fully saturated rings. The number of rotatable bonds is 17. The maximum atomic E-state index is 4.43. The lowest BCUT2D eigenvalue weighted by atomic mass is 10.1. The molecule has 0 rings (SSSR count). The molecule has 0 aromatic heterocycles. The van der Waals surface area contributed by atoms with Crippen molar-refractivity contribution in [1.82, 2.24) is 5.32 Å². The summed E-state index contributed by atoms with van der Waals surface area (Å²) in [7, 11) is 0. The van der Waals surface area contributed by atoms with Gasteiger partial charge in [-0.05, 0) is 12.8 Å². The highest BCUT2D eigenvalue weighted by Crippen LogP contribution is 2.07. The Morgan fingerprint density at radius 2 is 1.10 bits per heavy atom. The number of aliphatic imine (C=N–C) groups is 1. The van der Waals surface area contributed by atoms with Crippen molar-refractivity contribution in [2.45, 2.75) is 104 Å². The van der Waals surface area contributed by atoms with E-state index in [4.69, 9.17) is 0 Å². The minimum Gasteiger partial charge on any atom is -0.376 e. The summed E-state index contributed by atoms with van der Waals surface area (Å²) in [4.78, 5) is 4.43. The molecule has 2 heteroatoms. The van der Waals surface area contributed by atoms with Crippen molar-refractivity contribution in [1.29, 1.82) is 0 Å². The molecule has 0 bridgehead atoms. The van der Waals surface area contributed by atoms with Crippen LogP contribution in [0.4, 0.5) is 0 Å². The topological polar surface area (TPSA) is 24.4 Å². The molecular formula is C19H40N2. The highest BCUT2D eigenvalue weighted by Gasteiger charge is 1.91. The van der Waals surface area contributed by atoms with Crippen LogP contribution in [0.1, 0.15) is 104 Å². The fourth-order valence-electron chi connectivity index (χ4n) is 2.54. The summed E-state index contributed by atoms with van der Waals surface area (Å²) in [5, 5.41) is 3.31. The standard InChI is InChI=1S/C19H40N2/c1-3-5-7-9-11-13-15-17-20-19-21-18-16-14-12-10-8-6-4-2/h19H,3-18H2,1-2H3,(H,20,21). The van der Waals surface area contributed by atoms with E-state index in [-0.39, 0.29) is 0 Å². The highest BCUT2D eigenvalue weighted by atomic mass is 14.9. The van der Waals surface area contributed by atoms with Crippen LogP contribution in [0.2, 0.25) is 0 Å². The van der Waals surface area contributed by atoms with Gasteiger partial charge in [0.15, 0.2) is 0 Å². The lowest BCUT2D eigenvalue weighted by Gasteiger charge is -2.02. The number of hydrogen-bond donors (Lipinski definition) is 1. The van der Waals surface area contributed by atoms with Crippen molar-refractivity contribution in [3.05, 3.63) is 0 Å². The van der Waals surface area contributed by atoms with Gasteiger partial charge < -0.3 is 5.32 Å². The van der Waals surface area contributed by atoms with Crippen LogP contribution in [-0.4, -0.2) is 19.4 Å². The molecule has 126 valence electrons. The largest absolute Gasteiger partial charge is 0.376 e. The second kappa shape index (κ2) is 19.5. The number of unbranched alkanes of at least 4 members (excludes halogenated alkanes) is 12. The van der Waals surface area contributed by atoms with E-state index in [0.717, 1.165) is 13.1 Å². The maximum Gasteiger partial charge on any atom is 0.0823 e. The summed E-state index contributed by atoms with van der Waals surface area (Å²) in [6.07, 6.45) is 21.1. The van der Waals surface area contributed by atoms with Crippen molar-refractivity contribution in [3.8, 4) is 0 Å². The molecule has 0 saturated carbocycles. The number of nitrogens with zero attached hydrogens (tertiary/aromatic N) is 1. The first-order chi connectivity index (χ1) is 10.4. The Bertz CT molecular complexity index is 202. The molecule has 21 heavy (non-hydrogen) atoms. The second-order valence-corrected chi connectivity index (χ2v) is 6.23. The average Bonchev–Trinajstić information content (AvgIpc) is 2.50. The lowest BCUT2D eigenvalue weighted by molar-refractivity contribution is 0.585. The molecule has 0 saturated heterocycles. The molecule has 0 heterocycles. The predicted molar refractivity (Wildman–Crippen MR) is 97.3 cm³/mol.